The molecule has 1 unspecified atom stereocenters. The fraction of sp³-hybridized carbons (Fsp3) is 0.310. The summed E-state index contributed by atoms with van der Waals surface area (Å²) >= 11 is 0. The number of fused-ring (bicyclic) bond motifs is 2. The largest absolute Gasteiger partial charge is 0.449 e. The van der Waals surface area contributed by atoms with Crippen LogP contribution in [0.5, 0.6) is 0 Å². The number of amides is 2. The zero-order valence-corrected chi connectivity index (χ0v) is 20.4. The zero-order chi connectivity index (χ0) is 25.1. The van der Waals surface area contributed by atoms with Crippen molar-refractivity contribution in [1.29, 1.82) is 0 Å². The fourth-order valence-electron chi connectivity index (χ4n) is 5.55. The number of pyridine rings is 1. The maximum atomic E-state index is 13.7. The number of hydrogen-bond donors (Lipinski definition) is 0. The van der Waals surface area contributed by atoms with Crippen LogP contribution in [0.2, 0.25) is 0 Å². The first-order valence-corrected chi connectivity index (χ1v) is 12.2. The van der Waals surface area contributed by atoms with E-state index in [-0.39, 0.29) is 17.8 Å². The van der Waals surface area contributed by atoms with Gasteiger partial charge in [-0.1, -0.05) is 36.4 Å². The molecule has 1 aromatic heterocycles. The Balaban J connectivity index is 1.19. The Morgan fingerprint density at radius 2 is 1.72 bits per heavy atom. The summed E-state index contributed by atoms with van der Waals surface area (Å²) in [4.78, 5) is 46.3. The Labute approximate surface area is 209 Å². The topological polar surface area (TPSA) is 79.8 Å². The van der Waals surface area contributed by atoms with Gasteiger partial charge in [0, 0.05) is 49.9 Å². The minimum atomic E-state index is -0.734. The lowest BCUT2D eigenvalue weighted by molar-refractivity contribution is -0.134. The molecule has 3 aromatic rings. The van der Waals surface area contributed by atoms with E-state index in [9.17, 15) is 14.4 Å². The molecular formula is C29H27N3O4. The second kappa shape index (κ2) is 8.01. The molecule has 2 aromatic carbocycles. The summed E-state index contributed by atoms with van der Waals surface area (Å²) in [5, 5.41) is 0. The van der Waals surface area contributed by atoms with Crippen molar-refractivity contribution in [2.45, 2.75) is 30.3 Å². The predicted molar refractivity (Wildman–Crippen MR) is 133 cm³/mol. The Hall–Kier alpha value is -4.00. The van der Waals surface area contributed by atoms with Crippen LogP contribution in [0.15, 0.2) is 66.9 Å². The van der Waals surface area contributed by atoms with Crippen LogP contribution in [0.4, 0.5) is 0 Å². The van der Waals surface area contributed by atoms with Gasteiger partial charge in [-0.15, -0.1) is 0 Å². The van der Waals surface area contributed by atoms with Crippen molar-refractivity contribution in [3.63, 3.8) is 0 Å². The highest BCUT2D eigenvalue weighted by Crippen LogP contribution is 2.52. The second-order valence-electron chi connectivity index (χ2n) is 10.2. The van der Waals surface area contributed by atoms with Gasteiger partial charge in [0.05, 0.1) is 23.2 Å². The number of carbonyl (C=O) groups is 3. The van der Waals surface area contributed by atoms with E-state index in [1.54, 1.807) is 43.4 Å². The van der Waals surface area contributed by atoms with E-state index >= 15 is 0 Å². The minimum Gasteiger partial charge on any atom is -0.449 e. The van der Waals surface area contributed by atoms with Crippen molar-refractivity contribution in [1.82, 2.24) is 14.8 Å². The Kier molecular flexibility index (Phi) is 5.00. The van der Waals surface area contributed by atoms with E-state index in [4.69, 9.17) is 4.74 Å². The number of benzene rings is 2. The molecule has 36 heavy (non-hydrogen) atoms. The van der Waals surface area contributed by atoms with Crippen LogP contribution < -0.4 is 0 Å². The first kappa shape index (κ1) is 22.5. The third kappa shape index (κ3) is 3.41. The molecule has 3 aliphatic rings. The van der Waals surface area contributed by atoms with E-state index in [1.165, 1.54) is 0 Å². The van der Waals surface area contributed by atoms with E-state index in [1.807, 2.05) is 47.4 Å². The number of carbonyl (C=O) groups excluding carboxylic acids is 3. The van der Waals surface area contributed by atoms with Crippen LogP contribution in [0.25, 0.3) is 11.3 Å². The van der Waals surface area contributed by atoms with Gasteiger partial charge in [-0.3, -0.25) is 14.6 Å². The Morgan fingerprint density at radius 1 is 0.972 bits per heavy atom. The van der Waals surface area contributed by atoms with E-state index < -0.39 is 11.0 Å². The van der Waals surface area contributed by atoms with Crippen molar-refractivity contribution in [3.8, 4) is 11.3 Å². The first-order valence-electron chi connectivity index (χ1n) is 12.2. The maximum absolute atomic E-state index is 13.7. The van der Waals surface area contributed by atoms with Crippen molar-refractivity contribution in [2.24, 2.45) is 0 Å². The van der Waals surface area contributed by atoms with Crippen molar-refractivity contribution < 1.29 is 19.1 Å². The van der Waals surface area contributed by atoms with Gasteiger partial charge in [-0.25, -0.2) is 4.79 Å². The average Bonchev–Trinajstić information content (AvgIpc) is 3.54. The summed E-state index contributed by atoms with van der Waals surface area (Å²) in [7, 11) is 3.46. The molecule has 7 heteroatoms. The third-order valence-electron chi connectivity index (χ3n) is 7.75. The third-order valence-corrected chi connectivity index (χ3v) is 7.75. The van der Waals surface area contributed by atoms with E-state index in [0.717, 1.165) is 35.2 Å². The number of aromatic nitrogens is 1. The molecule has 1 atom stereocenters. The second-order valence-corrected chi connectivity index (χ2v) is 10.2. The molecule has 1 saturated carbocycles. The monoisotopic (exact) mass is 481 g/mol. The standard InChI is InChI=1S/C29H27N3O4/c1-31(2)25(33)20-9-7-19(8-10-20)24-12-11-21(17-30-24)28(13-14-28)27(35)32-16-15-29(18-32)23-6-4-3-5-22(23)26(34)36-29/h3-12,17H,13-16,18H2,1-2H3. The quantitative estimate of drug-likeness (QED) is 0.530. The number of hydrogen-bond acceptors (Lipinski definition) is 5. The highest BCUT2D eigenvalue weighted by atomic mass is 16.6. The molecule has 182 valence electrons. The van der Waals surface area contributed by atoms with Crippen LogP contribution >= 0.6 is 0 Å². The summed E-state index contributed by atoms with van der Waals surface area (Å²) < 4.78 is 5.83. The van der Waals surface area contributed by atoms with Gasteiger partial charge in [0.15, 0.2) is 5.60 Å². The van der Waals surface area contributed by atoms with E-state index in [0.29, 0.717) is 30.6 Å². The van der Waals surface area contributed by atoms with Gasteiger partial charge in [-0.05, 0) is 42.7 Å². The van der Waals surface area contributed by atoms with Gasteiger partial charge in [0.2, 0.25) is 5.91 Å². The lowest BCUT2D eigenvalue weighted by atomic mass is 9.91. The van der Waals surface area contributed by atoms with Crippen LogP contribution in [0.3, 0.4) is 0 Å². The Bertz CT molecular complexity index is 1380. The zero-order valence-electron chi connectivity index (χ0n) is 20.4. The number of rotatable bonds is 4. The summed E-state index contributed by atoms with van der Waals surface area (Å²) in [5.41, 5.74) is 3.45. The van der Waals surface area contributed by atoms with Crippen LogP contribution in [-0.2, 0) is 20.5 Å². The fourth-order valence-corrected chi connectivity index (χ4v) is 5.55. The summed E-state index contributed by atoms with van der Waals surface area (Å²) in [6, 6.07) is 18.8. The van der Waals surface area contributed by atoms with E-state index in [2.05, 4.69) is 4.98 Å². The number of likely N-dealkylation sites (tertiary alicyclic amines) is 1. The molecule has 2 fully saturated rings. The summed E-state index contributed by atoms with van der Waals surface area (Å²) in [6.45, 7) is 0.950. The molecule has 1 aliphatic carbocycles. The highest BCUT2D eigenvalue weighted by molar-refractivity contribution is 5.96. The number of nitrogens with zero attached hydrogens (tertiary/aromatic N) is 3. The van der Waals surface area contributed by atoms with Gasteiger partial charge in [-0.2, -0.15) is 0 Å². The van der Waals surface area contributed by atoms with Gasteiger partial charge >= 0.3 is 5.97 Å². The van der Waals surface area contributed by atoms with Crippen LogP contribution in [-0.4, -0.2) is 59.8 Å². The molecule has 1 spiro atoms. The molecule has 7 nitrogen and oxygen atoms in total. The molecule has 2 amide bonds. The van der Waals surface area contributed by atoms with Crippen LogP contribution in [0.1, 0.15) is 51.1 Å². The molecule has 3 heterocycles. The smallest absolute Gasteiger partial charge is 0.339 e. The van der Waals surface area contributed by atoms with Crippen molar-refractivity contribution >= 4 is 17.8 Å². The van der Waals surface area contributed by atoms with Crippen molar-refractivity contribution in [2.75, 3.05) is 27.2 Å². The lowest BCUT2D eigenvalue weighted by Gasteiger charge is -2.26. The minimum absolute atomic E-state index is 0.0430. The number of esters is 1. The molecule has 0 radical (unpaired) electrons. The SMILES string of the molecule is CN(C)C(=O)c1ccc(-c2ccc(C3(C(=O)N4CCC5(C4)OC(=O)c4ccccc45)CC3)cn2)cc1. The van der Waals surface area contributed by atoms with Gasteiger partial charge < -0.3 is 14.5 Å². The predicted octanol–water partition coefficient (Wildman–Crippen LogP) is 3.78. The maximum Gasteiger partial charge on any atom is 0.339 e. The molecule has 1 saturated heterocycles. The molecule has 2 aliphatic heterocycles. The molecule has 0 N–H and O–H groups in total. The first-order chi connectivity index (χ1) is 17.3. The Morgan fingerprint density at radius 3 is 2.39 bits per heavy atom. The summed E-state index contributed by atoms with van der Waals surface area (Å²) in [6.07, 6.45) is 3.99. The molecule has 0 bridgehead atoms. The summed E-state index contributed by atoms with van der Waals surface area (Å²) in [5.74, 6) is -0.264. The lowest BCUT2D eigenvalue weighted by Crippen LogP contribution is -2.40. The molecule has 6 rings (SSSR count). The van der Waals surface area contributed by atoms with Gasteiger partial charge in [0.25, 0.3) is 5.91 Å². The van der Waals surface area contributed by atoms with Gasteiger partial charge in [0.1, 0.15) is 0 Å². The number of ether oxygens (including phenoxy) is 1. The average molecular weight is 482 g/mol. The van der Waals surface area contributed by atoms with Crippen molar-refractivity contribution in [3.05, 3.63) is 89.1 Å². The normalized spacial score (nSPS) is 21.3. The highest BCUT2D eigenvalue weighted by Gasteiger charge is 2.57. The van der Waals surface area contributed by atoms with Crippen LogP contribution in [0, 0.1) is 0 Å². The molecular weight excluding hydrogens is 454 g/mol.